The van der Waals surface area contributed by atoms with Crippen LogP contribution in [0.5, 0.6) is 34.5 Å². The van der Waals surface area contributed by atoms with Crippen LogP contribution < -0.4 is 48.9 Å². The minimum Gasteiger partial charge on any atom is -0.493 e. The molecule has 16 atom stereocenters. The van der Waals surface area contributed by atoms with E-state index in [1.54, 1.807) is 13.2 Å². The fourth-order valence-corrected chi connectivity index (χ4v) is 13.4. The summed E-state index contributed by atoms with van der Waals surface area (Å²) in [7, 11) is 5.85. The maximum absolute atomic E-state index is 14.7. The summed E-state index contributed by atoms with van der Waals surface area (Å²) < 4.78 is 63.0. The van der Waals surface area contributed by atoms with Crippen molar-refractivity contribution in [2.45, 2.75) is 137 Å². The van der Waals surface area contributed by atoms with Crippen LogP contribution in [0.3, 0.4) is 0 Å². The molecule has 109 heavy (non-hydrogen) atoms. The molecule has 7 aliphatic heterocycles. The molecular weight excluding hydrogens is 1440 g/mol. The van der Waals surface area contributed by atoms with Crippen molar-refractivity contribution in [3.63, 3.8) is 0 Å². The summed E-state index contributed by atoms with van der Waals surface area (Å²) in [6.07, 6.45) is -22.5. The predicted molar refractivity (Wildman–Crippen MR) is 370 cm³/mol. The van der Waals surface area contributed by atoms with Gasteiger partial charge in [-0.3, -0.25) is 19.7 Å². The maximum atomic E-state index is 14.7. The van der Waals surface area contributed by atoms with Crippen LogP contribution in [0.15, 0.2) is 108 Å². The number of methoxy groups -OCH3 is 3. The first-order valence-electron chi connectivity index (χ1n) is 34.6. The Labute approximate surface area is 621 Å². The zero-order chi connectivity index (χ0) is 78.4. The second-order valence-electron chi connectivity index (χ2n) is 26.8. The number of nitrogens with one attached hydrogen (secondary N) is 2. The lowest BCUT2D eigenvalue weighted by Crippen LogP contribution is -2.61. The quantitative estimate of drug-likeness (QED) is 0.0153. The van der Waals surface area contributed by atoms with Crippen molar-refractivity contribution in [3.8, 4) is 34.5 Å². The van der Waals surface area contributed by atoms with Crippen LogP contribution in [-0.4, -0.2) is 279 Å². The van der Waals surface area contributed by atoms with Gasteiger partial charge in [0.15, 0.2) is 47.7 Å². The Kier molecular flexibility index (Phi) is 25.0. The van der Waals surface area contributed by atoms with E-state index >= 15 is 0 Å². The van der Waals surface area contributed by atoms with Crippen molar-refractivity contribution in [1.82, 2.24) is 20.4 Å². The Balaban J connectivity index is 0.771. The fraction of sp³-hybridized carbons (Fsp3) is 0.479. The number of anilines is 2. The van der Waals surface area contributed by atoms with Gasteiger partial charge in [-0.2, -0.15) is 4.59 Å². The van der Waals surface area contributed by atoms with Crippen molar-refractivity contribution < 1.29 is 146 Å². The average Bonchev–Trinajstić information content (AvgIpc) is 1.62. The third-order valence-electron chi connectivity index (χ3n) is 19.3. The molecule has 588 valence electrons. The number of nitrogens with zero attached hydrogens (tertiary/aromatic N) is 7. The van der Waals surface area contributed by atoms with Gasteiger partial charge in [0.2, 0.25) is 12.6 Å². The highest BCUT2D eigenvalue weighted by molar-refractivity contribution is 6.07. The lowest BCUT2D eigenvalue weighted by molar-refractivity contribution is -0.866. The number of carbonyl (C=O) groups excluding carboxylic acids is 5. The lowest BCUT2D eigenvalue weighted by Gasteiger charge is -2.38. The van der Waals surface area contributed by atoms with E-state index in [4.69, 9.17) is 52.1 Å². The Morgan fingerprint density at radius 3 is 1.56 bits per heavy atom. The van der Waals surface area contributed by atoms with E-state index in [9.17, 15) is 89.7 Å². The highest BCUT2D eigenvalue weighted by Gasteiger charge is 2.52. The molecule has 4 unspecified atom stereocenters. The van der Waals surface area contributed by atoms with E-state index in [-0.39, 0.29) is 143 Å². The Morgan fingerprint density at radius 2 is 1.09 bits per heavy atom. The van der Waals surface area contributed by atoms with Gasteiger partial charge >= 0.3 is 24.1 Å². The Bertz CT molecular complexity index is 4170. The van der Waals surface area contributed by atoms with E-state index in [2.05, 4.69) is 34.1 Å². The van der Waals surface area contributed by atoms with Crippen LogP contribution in [0.1, 0.15) is 86.1 Å². The molecule has 4 aromatic carbocycles. The number of rotatable bonds is 29. The van der Waals surface area contributed by atoms with Crippen molar-refractivity contribution in [3.05, 3.63) is 131 Å². The number of aliphatic carboxylic acids is 2. The first-order chi connectivity index (χ1) is 52.0. The number of aliphatic hydroxyl groups is 9. The van der Waals surface area contributed by atoms with Gasteiger partial charge in [-0.25, -0.2) is 29.0 Å². The number of carbonyl (C=O) groups is 7. The number of ether oxygens (including phenoxy) is 11. The van der Waals surface area contributed by atoms with Gasteiger partial charge in [-0.05, 0) is 79.6 Å². The monoisotopic (exact) mass is 1530 g/mol. The summed E-state index contributed by atoms with van der Waals surface area (Å²) in [5.74, 6) is -5.40. The van der Waals surface area contributed by atoms with E-state index in [1.165, 1.54) is 98.0 Å². The van der Waals surface area contributed by atoms with E-state index in [0.717, 1.165) is 9.80 Å². The summed E-state index contributed by atoms with van der Waals surface area (Å²) in [4.78, 5) is 100. The van der Waals surface area contributed by atoms with Crippen molar-refractivity contribution in [2.24, 2.45) is 10.3 Å². The number of hydrogen-bond acceptors (Lipinski definition) is 30. The number of amides is 5. The lowest BCUT2D eigenvalue weighted by atomic mass is 9.99. The number of quaternary nitrogens is 1. The van der Waals surface area contributed by atoms with E-state index in [0.29, 0.717) is 37.0 Å². The van der Waals surface area contributed by atoms with Crippen LogP contribution in [0, 0.1) is 0 Å². The predicted octanol–water partition coefficient (Wildman–Crippen LogP) is 0.621. The van der Waals surface area contributed by atoms with Crippen molar-refractivity contribution in [2.75, 3.05) is 90.7 Å². The number of aliphatic hydroxyl groups excluding tert-OH is 9. The minimum atomic E-state index is -2.03. The number of carboxylic acids is 2. The average molecular weight is 1530 g/mol. The van der Waals surface area contributed by atoms with Gasteiger partial charge in [-0.1, -0.05) is 36.4 Å². The molecule has 0 bridgehead atoms. The number of hydrogen-bond donors (Lipinski definition) is 13. The van der Waals surface area contributed by atoms with Gasteiger partial charge in [0.05, 0.1) is 87.8 Å². The Morgan fingerprint density at radius 1 is 0.606 bits per heavy atom. The molecule has 4 aromatic rings. The van der Waals surface area contributed by atoms with Crippen LogP contribution in [0.25, 0.3) is 0 Å². The first-order valence-corrected chi connectivity index (χ1v) is 34.6. The second-order valence-corrected chi connectivity index (χ2v) is 26.8. The third-order valence-corrected chi connectivity index (χ3v) is 19.3. The second kappa shape index (κ2) is 34.2. The number of benzene rings is 4. The summed E-state index contributed by atoms with van der Waals surface area (Å²) >= 11 is 0. The van der Waals surface area contributed by atoms with Crippen LogP contribution >= 0.6 is 0 Å². The molecule has 38 nitrogen and oxygen atoms in total. The maximum Gasteiger partial charge on any atom is 0.416 e. The molecule has 11 rings (SSSR count). The summed E-state index contributed by atoms with van der Waals surface area (Å²) in [5.41, 5.74) is 0.953. The van der Waals surface area contributed by atoms with Gasteiger partial charge < -0.3 is 123 Å². The van der Waals surface area contributed by atoms with Crippen molar-refractivity contribution >= 4 is 53.2 Å². The molecule has 7 aliphatic rings. The third kappa shape index (κ3) is 17.2. The molecule has 0 aromatic heterocycles. The zero-order valence-electron chi connectivity index (χ0n) is 59.5. The summed E-state index contributed by atoms with van der Waals surface area (Å²) in [6.45, 7) is 7.62. The number of fused-ring (bicyclic) bond motifs is 4. The molecule has 4 saturated heterocycles. The van der Waals surface area contributed by atoms with Crippen LogP contribution in [0.4, 0.5) is 21.0 Å². The normalized spacial score (nSPS) is 27.2. The summed E-state index contributed by atoms with van der Waals surface area (Å²) in [5, 5.41) is 132. The summed E-state index contributed by atoms with van der Waals surface area (Å²) in [6, 6.07) is 11.4. The molecule has 0 saturated carbocycles. The number of carboxylic acid groups (broad SMARTS) is 2. The SMILES string of the molecule is C=C1C[C@H]2C(O)N(C(=O)OCc3ccc(O[C@@H]4O[C@H](C(=O)O)[C@@H](O)[C@H](O)[C@H]4O)c(C(=O)NCCOC)c3)c3cc(OCCCCCOc4cc5c(cc4OC)C(=O)N4CC(=C)C[C@H]4C(O)N5C(=O)OCc4ccc(O[C@@H]5O[C@H](C(=O)O)[C@@H](O)[C@H](O)[C@H]5O)c(C(O)NCC[N+]5(C)C=CN=N5)c4)c(OC)cc3C(=O)N2C1. The van der Waals surface area contributed by atoms with E-state index in [1.807, 2.05) is 0 Å². The van der Waals surface area contributed by atoms with Crippen molar-refractivity contribution in [1.29, 1.82) is 0 Å². The van der Waals surface area contributed by atoms with Crippen LogP contribution in [-0.2, 0) is 46.5 Å². The molecule has 0 spiro atoms. The molecule has 13 N–H and O–H groups in total. The van der Waals surface area contributed by atoms with Gasteiger partial charge in [0, 0.05) is 49.7 Å². The molecule has 38 heteroatoms. The number of unbranched alkanes of at least 4 members (excludes halogenated alkanes) is 2. The fourth-order valence-electron chi connectivity index (χ4n) is 13.4. The molecule has 0 radical (unpaired) electrons. The van der Waals surface area contributed by atoms with Gasteiger partial charge in [0.25, 0.3) is 17.7 Å². The largest absolute Gasteiger partial charge is 0.493 e. The minimum absolute atomic E-state index is 0.00376. The Hall–Kier alpha value is -10.2. The first kappa shape index (κ1) is 79.9. The molecular formula is C71H86N9O29+. The van der Waals surface area contributed by atoms with Crippen LogP contribution in [0.2, 0.25) is 0 Å². The molecule has 5 amide bonds. The molecule has 0 aliphatic carbocycles. The molecule has 4 fully saturated rings. The molecule has 7 heterocycles. The van der Waals surface area contributed by atoms with Gasteiger partial charge in [-0.15, -0.1) is 5.11 Å². The standard InChI is InChI=1S/C71H85N9O29/c1-34-22-44-64(91)78(70(97)104-32-36-10-12-46(106-68-56(85)52(81)54(83)58(108-68)66(93)94)40(24-36)60(87)72-14-17-80(3)18-15-74-75-80)42-28-50(48(100-5)26-38(42)62(89)76(44)30-34)102-19-8-7-9-20-103-51-29-43-39(27-49(51)101-6)63(90)77-31-35(2)23-45(77)65(92)79(43)71(98)105-33-37-11-13-47(41(25-37)61(88)73-16-21-99-4)107-69-57(86)53(82)55(84)59(109-69)67(95)96/h10-13,15,18,24-29,44-45,52-60,64-65,68-69,72,81-87,91-92H,1-2,7-9,14,16-17,19-23,30-33H2,3-6H3,(H2-,73,88,93,94,95,96)/p+1/t44-,45-,52-,53-,54-,55-,56+,57+,58-,59-,60?,64?,65?,68+,69+,80?/m0/s1. The topological polar surface area (TPSA) is 505 Å². The highest BCUT2D eigenvalue weighted by Crippen LogP contribution is 2.45. The van der Waals surface area contributed by atoms with Gasteiger partial charge in [0.1, 0.15) is 86.5 Å². The highest BCUT2D eigenvalue weighted by atomic mass is 16.7. The number of likely N-dealkylation sites (N-methyl/N-ethyl adjacent to an activating group) is 1. The smallest absolute Gasteiger partial charge is 0.416 e. The van der Waals surface area contributed by atoms with E-state index < -0.39 is 147 Å². The zero-order valence-corrected chi connectivity index (χ0v) is 59.5.